The van der Waals surface area contributed by atoms with E-state index in [4.69, 9.17) is 9.16 Å². The second-order valence-electron chi connectivity index (χ2n) is 13.1. The van der Waals surface area contributed by atoms with Crippen LogP contribution in [-0.2, 0) is 9.16 Å². The second-order valence-corrected chi connectivity index (χ2v) is 22.6. The van der Waals surface area contributed by atoms with E-state index in [0.29, 0.717) is 0 Å². The van der Waals surface area contributed by atoms with Crippen molar-refractivity contribution in [2.45, 2.75) is 173 Å². The van der Waals surface area contributed by atoms with Gasteiger partial charge in [-0.3, -0.25) is 0 Å². The number of hydrogen-bond donors (Lipinski definition) is 1. The first-order valence-electron chi connectivity index (χ1n) is 14.3. The minimum Gasteiger partial charge on any atom is -0.411 e. The van der Waals surface area contributed by atoms with Crippen LogP contribution in [-0.4, -0.2) is 45.9 Å². The molecule has 0 aromatic heterocycles. The highest BCUT2D eigenvalue weighted by Gasteiger charge is 2.43. The van der Waals surface area contributed by atoms with E-state index >= 15 is 0 Å². The standard InChI is InChI=1S/C29H58O3Si2/c1-10-11-12-13-14-15-16-17-18-19-20-28(32-34(8,9)29(2,3)4)27-22-21-26(31-27)25(30)23-24-33(5,6)7/h25-28,30H,10-22H2,1-9H3/t25?,26?,27?,28-/m1/s1. The number of hydrogen-bond acceptors (Lipinski definition) is 3. The molecule has 0 spiro atoms. The quantitative estimate of drug-likeness (QED) is 0.136. The monoisotopic (exact) mass is 510 g/mol. The summed E-state index contributed by atoms with van der Waals surface area (Å²) in [4.78, 5) is 0. The van der Waals surface area contributed by atoms with Gasteiger partial charge in [-0.25, -0.2) is 0 Å². The first kappa shape index (κ1) is 31.9. The third-order valence-electron chi connectivity index (χ3n) is 7.54. The van der Waals surface area contributed by atoms with Gasteiger partial charge in [0.05, 0.1) is 18.3 Å². The van der Waals surface area contributed by atoms with Crippen LogP contribution in [0.1, 0.15) is 111 Å². The summed E-state index contributed by atoms with van der Waals surface area (Å²) < 4.78 is 13.3. The number of aliphatic hydroxyl groups is 1. The van der Waals surface area contributed by atoms with Crippen molar-refractivity contribution in [3.63, 3.8) is 0 Å². The van der Waals surface area contributed by atoms with Gasteiger partial charge in [0, 0.05) is 0 Å². The van der Waals surface area contributed by atoms with Crippen LogP contribution >= 0.6 is 0 Å². The summed E-state index contributed by atoms with van der Waals surface area (Å²) in [6.45, 7) is 20.5. The normalized spacial score (nSPS) is 21.2. The van der Waals surface area contributed by atoms with Gasteiger partial charge in [-0.1, -0.05) is 117 Å². The van der Waals surface area contributed by atoms with Gasteiger partial charge in [-0.05, 0) is 37.4 Å². The molecule has 1 heterocycles. The largest absolute Gasteiger partial charge is 0.411 e. The van der Waals surface area contributed by atoms with Crippen molar-refractivity contribution in [3.8, 4) is 11.5 Å². The maximum absolute atomic E-state index is 10.6. The number of rotatable bonds is 15. The van der Waals surface area contributed by atoms with E-state index in [1.54, 1.807) is 0 Å². The molecular formula is C29H58O3Si2. The van der Waals surface area contributed by atoms with Crippen molar-refractivity contribution in [1.82, 2.24) is 0 Å². The summed E-state index contributed by atoms with van der Waals surface area (Å²) in [5.74, 6) is 3.09. The van der Waals surface area contributed by atoms with Crippen molar-refractivity contribution >= 4 is 16.4 Å². The van der Waals surface area contributed by atoms with E-state index in [9.17, 15) is 5.11 Å². The van der Waals surface area contributed by atoms with Crippen LogP contribution in [0.2, 0.25) is 37.8 Å². The lowest BCUT2D eigenvalue weighted by molar-refractivity contribution is -0.0600. The molecule has 1 rings (SSSR count). The zero-order valence-electron chi connectivity index (χ0n) is 24.3. The molecule has 200 valence electrons. The highest BCUT2D eigenvalue weighted by Crippen LogP contribution is 2.40. The minimum atomic E-state index is -1.89. The lowest BCUT2D eigenvalue weighted by Gasteiger charge is -2.41. The van der Waals surface area contributed by atoms with E-state index in [0.717, 1.165) is 19.3 Å². The molecule has 0 aromatic rings. The number of aliphatic hydroxyl groups excluding tert-OH is 1. The summed E-state index contributed by atoms with van der Waals surface area (Å²) in [5.41, 5.74) is 3.31. The summed E-state index contributed by atoms with van der Waals surface area (Å²) in [7, 11) is -3.39. The molecule has 0 aromatic carbocycles. The molecule has 0 saturated carbocycles. The van der Waals surface area contributed by atoms with Gasteiger partial charge in [0.25, 0.3) is 0 Å². The molecule has 0 amide bonds. The second kappa shape index (κ2) is 15.2. The zero-order valence-corrected chi connectivity index (χ0v) is 26.3. The lowest BCUT2D eigenvalue weighted by atomic mass is 10.0. The Morgan fingerprint density at radius 1 is 0.853 bits per heavy atom. The molecule has 1 aliphatic heterocycles. The average molecular weight is 511 g/mol. The van der Waals surface area contributed by atoms with E-state index in [2.05, 4.69) is 71.9 Å². The van der Waals surface area contributed by atoms with Crippen molar-refractivity contribution in [2.75, 3.05) is 0 Å². The van der Waals surface area contributed by atoms with Crippen LogP contribution in [0.5, 0.6) is 0 Å². The van der Waals surface area contributed by atoms with E-state index in [1.165, 1.54) is 64.2 Å². The molecule has 34 heavy (non-hydrogen) atoms. The van der Waals surface area contributed by atoms with Crippen LogP contribution in [0.3, 0.4) is 0 Å². The Morgan fingerprint density at radius 3 is 1.85 bits per heavy atom. The first-order chi connectivity index (χ1) is 15.8. The molecular weight excluding hydrogens is 452 g/mol. The highest BCUT2D eigenvalue weighted by molar-refractivity contribution is 6.83. The molecule has 1 fully saturated rings. The maximum atomic E-state index is 10.6. The molecule has 5 heteroatoms. The minimum absolute atomic E-state index is 0.0843. The molecule has 0 radical (unpaired) electrons. The summed E-state index contributed by atoms with van der Waals surface area (Å²) in [6.07, 6.45) is 15.8. The first-order valence-corrected chi connectivity index (χ1v) is 20.7. The highest BCUT2D eigenvalue weighted by atomic mass is 28.4. The van der Waals surface area contributed by atoms with Gasteiger partial charge in [-0.15, -0.1) is 5.54 Å². The van der Waals surface area contributed by atoms with Gasteiger partial charge in [0.15, 0.2) is 8.32 Å². The Labute approximate surface area is 215 Å². The van der Waals surface area contributed by atoms with Crippen LogP contribution in [0.15, 0.2) is 0 Å². The third kappa shape index (κ3) is 12.7. The molecule has 1 aliphatic rings. The van der Waals surface area contributed by atoms with Crippen molar-refractivity contribution < 1.29 is 14.3 Å². The van der Waals surface area contributed by atoms with Crippen LogP contribution in [0.25, 0.3) is 0 Å². The Morgan fingerprint density at radius 2 is 1.35 bits per heavy atom. The van der Waals surface area contributed by atoms with Crippen LogP contribution in [0, 0.1) is 11.5 Å². The lowest BCUT2D eigenvalue weighted by Crippen LogP contribution is -2.47. The zero-order chi connectivity index (χ0) is 25.8. The molecule has 0 bridgehead atoms. The Kier molecular flexibility index (Phi) is 14.3. The van der Waals surface area contributed by atoms with Gasteiger partial charge < -0.3 is 14.3 Å². The van der Waals surface area contributed by atoms with Gasteiger partial charge >= 0.3 is 0 Å². The van der Waals surface area contributed by atoms with Crippen molar-refractivity contribution in [2.24, 2.45) is 0 Å². The summed E-state index contributed by atoms with van der Waals surface area (Å²) >= 11 is 0. The van der Waals surface area contributed by atoms with Crippen LogP contribution in [0.4, 0.5) is 0 Å². The van der Waals surface area contributed by atoms with Gasteiger partial charge in [0.2, 0.25) is 0 Å². The van der Waals surface area contributed by atoms with Crippen molar-refractivity contribution in [3.05, 3.63) is 0 Å². The van der Waals surface area contributed by atoms with Crippen LogP contribution < -0.4 is 0 Å². The Balaban J connectivity index is 2.59. The van der Waals surface area contributed by atoms with E-state index in [-0.39, 0.29) is 23.4 Å². The van der Waals surface area contributed by atoms with Crippen molar-refractivity contribution in [1.29, 1.82) is 0 Å². The van der Waals surface area contributed by atoms with E-state index in [1.807, 2.05) is 0 Å². The molecule has 1 N–H and O–H groups in total. The Bertz CT molecular complexity index is 610. The molecule has 3 unspecified atom stereocenters. The smallest absolute Gasteiger partial charge is 0.192 e. The molecule has 0 aliphatic carbocycles. The predicted molar refractivity (Wildman–Crippen MR) is 154 cm³/mol. The molecule has 1 saturated heterocycles. The topological polar surface area (TPSA) is 38.7 Å². The fourth-order valence-electron chi connectivity index (χ4n) is 4.29. The summed E-state index contributed by atoms with van der Waals surface area (Å²) in [6, 6.07) is 0. The fourth-order valence-corrected chi connectivity index (χ4v) is 6.25. The van der Waals surface area contributed by atoms with Gasteiger partial charge in [0.1, 0.15) is 14.2 Å². The molecule has 3 nitrogen and oxygen atoms in total. The Hall–Kier alpha value is -0.126. The number of ether oxygens (including phenoxy) is 1. The summed E-state index contributed by atoms with van der Waals surface area (Å²) in [5, 5.41) is 10.8. The van der Waals surface area contributed by atoms with E-state index < -0.39 is 22.5 Å². The fraction of sp³-hybridized carbons (Fsp3) is 0.931. The molecule has 4 atom stereocenters. The SMILES string of the molecule is CCCCCCCCCCCC[C@@H](O[Si](C)(C)C(C)(C)C)C1CCC(C(O)C#C[Si](C)(C)C)O1. The third-order valence-corrected chi connectivity index (χ3v) is 12.9. The van der Waals surface area contributed by atoms with Gasteiger partial charge in [-0.2, -0.15) is 0 Å². The average Bonchev–Trinajstić information content (AvgIpc) is 3.21. The predicted octanol–water partition coefficient (Wildman–Crippen LogP) is 8.48. The maximum Gasteiger partial charge on any atom is 0.192 e. The number of unbranched alkanes of at least 4 members (excludes halogenated alkanes) is 9.